The summed E-state index contributed by atoms with van der Waals surface area (Å²) in [5.74, 6) is -0.591. The van der Waals surface area contributed by atoms with E-state index in [-0.39, 0.29) is 5.04 Å². The van der Waals surface area contributed by atoms with E-state index in [0.29, 0.717) is 17.8 Å². The van der Waals surface area contributed by atoms with Gasteiger partial charge in [0.15, 0.2) is 6.10 Å². The molecule has 0 N–H and O–H groups in total. The van der Waals surface area contributed by atoms with E-state index in [9.17, 15) is 9.59 Å². The van der Waals surface area contributed by atoms with Crippen LogP contribution in [0.5, 0.6) is 0 Å². The zero-order valence-electron chi connectivity index (χ0n) is 17.0. The van der Waals surface area contributed by atoms with E-state index in [1.54, 1.807) is 0 Å². The molecule has 2 heterocycles. The van der Waals surface area contributed by atoms with E-state index in [2.05, 4.69) is 38.6 Å². The van der Waals surface area contributed by atoms with E-state index in [1.807, 2.05) is 19.1 Å². The van der Waals surface area contributed by atoms with Crippen molar-refractivity contribution in [3.63, 3.8) is 0 Å². The highest BCUT2D eigenvalue weighted by Crippen LogP contribution is 2.45. The summed E-state index contributed by atoms with van der Waals surface area (Å²) in [5, 5.41) is -0.0139. The summed E-state index contributed by atoms with van der Waals surface area (Å²) in [6.07, 6.45) is 2.75. The van der Waals surface area contributed by atoms with Gasteiger partial charge >= 0.3 is 11.9 Å². The van der Waals surface area contributed by atoms with Crippen LogP contribution >= 0.6 is 0 Å². The number of carbonyl (C=O) groups excluding carboxylic acids is 2. The van der Waals surface area contributed by atoms with Gasteiger partial charge in [-0.25, -0.2) is 9.59 Å². The first-order valence-corrected chi connectivity index (χ1v) is 11.8. The topological polar surface area (TPSA) is 71.1 Å². The molecule has 0 saturated heterocycles. The van der Waals surface area contributed by atoms with Crippen molar-refractivity contribution in [2.24, 2.45) is 0 Å². The number of carbonyl (C=O) groups is 2. The van der Waals surface area contributed by atoms with Gasteiger partial charge < -0.3 is 18.6 Å². The molecule has 3 atom stereocenters. The lowest BCUT2D eigenvalue weighted by Crippen LogP contribution is -2.44. The minimum Gasteiger partial charge on any atom is -0.546 e. The second-order valence-electron chi connectivity index (χ2n) is 8.66. The van der Waals surface area contributed by atoms with Crippen LogP contribution in [-0.2, 0) is 28.2 Å². The molecule has 6 nitrogen and oxygen atoms in total. The number of methoxy groups -OCH3 is 1. The van der Waals surface area contributed by atoms with Crippen LogP contribution in [0.3, 0.4) is 0 Å². The second kappa shape index (κ2) is 6.85. The van der Waals surface area contributed by atoms with Crippen LogP contribution in [0.1, 0.15) is 41.0 Å². The normalized spacial score (nSPS) is 26.5. The Labute approximate surface area is 156 Å². The van der Waals surface area contributed by atoms with Gasteiger partial charge in [-0.1, -0.05) is 32.9 Å². The van der Waals surface area contributed by atoms with Crippen molar-refractivity contribution < 1.29 is 28.2 Å². The van der Waals surface area contributed by atoms with Gasteiger partial charge in [-0.3, -0.25) is 0 Å². The predicted molar refractivity (Wildman–Crippen MR) is 99.9 cm³/mol. The molecule has 7 heteroatoms. The van der Waals surface area contributed by atoms with Crippen LogP contribution in [0.2, 0.25) is 18.1 Å². The average Bonchev–Trinajstić information content (AvgIpc) is 2.80. The molecule has 0 unspecified atom stereocenters. The number of hydrogen-bond acceptors (Lipinski definition) is 6. The quantitative estimate of drug-likeness (QED) is 0.412. The molecular weight excluding hydrogens is 352 g/mol. The number of esters is 2. The molecule has 0 aromatic heterocycles. The molecule has 2 bridgehead atoms. The Kier molecular flexibility index (Phi) is 5.45. The maximum atomic E-state index is 12.8. The van der Waals surface area contributed by atoms with Gasteiger partial charge in [-0.05, 0) is 32.0 Å². The van der Waals surface area contributed by atoms with Crippen molar-refractivity contribution in [3.05, 3.63) is 23.5 Å². The van der Waals surface area contributed by atoms with Crippen LogP contribution in [0.25, 0.3) is 0 Å². The van der Waals surface area contributed by atoms with Gasteiger partial charge in [-0.2, -0.15) is 0 Å². The lowest BCUT2D eigenvalue weighted by molar-refractivity contribution is -0.163. The third-order valence-corrected chi connectivity index (χ3v) is 9.71. The highest BCUT2D eigenvalue weighted by atomic mass is 28.4. The molecule has 146 valence electrons. The molecule has 0 amide bonds. The van der Waals surface area contributed by atoms with Crippen LogP contribution in [0, 0.1) is 0 Å². The van der Waals surface area contributed by atoms with E-state index in [4.69, 9.17) is 13.9 Å². The van der Waals surface area contributed by atoms with Crippen LogP contribution in [-0.4, -0.2) is 45.2 Å². The fourth-order valence-electron chi connectivity index (χ4n) is 2.71. The lowest BCUT2D eigenvalue weighted by Gasteiger charge is -2.41. The molecule has 0 aromatic rings. The zero-order chi connectivity index (χ0) is 19.9. The largest absolute Gasteiger partial charge is 0.546 e. The maximum absolute atomic E-state index is 12.8. The Balaban J connectivity index is 2.36. The number of rotatable bonds is 5. The van der Waals surface area contributed by atoms with Gasteiger partial charge in [0.25, 0.3) is 0 Å². The minimum absolute atomic E-state index is 0.0139. The Hall–Kier alpha value is -1.60. The highest BCUT2D eigenvalue weighted by molar-refractivity contribution is 6.74. The van der Waals surface area contributed by atoms with Crippen LogP contribution in [0.15, 0.2) is 23.5 Å². The molecule has 2 aliphatic heterocycles. The van der Waals surface area contributed by atoms with Crippen molar-refractivity contribution in [1.29, 1.82) is 0 Å². The predicted octanol–water partition coefficient (Wildman–Crippen LogP) is 3.48. The first-order valence-electron chi connectivity index (χ1n) is 8.88. The summed E-state index contributed by atoms with van der Waals surface area (Å²) in [5.41, 5.74) is -0.142. The second-order valence-corrected chi connectivity index (χ2v) is 13.4. The summed E-state index contributed by atoms with van der Waals surface area (Å²) >= 11 is 0. The van der Waals surface area contributed by atoms with E-state index in [0.717, 1.165) is 0 Å². The first-order chi connectivity index (χ1) is 11.8. The van der Waals surface area contributed by atoms with E-state index >= 15 is 0 Å². The smallest absolute Gasteiger partial charge is 0.346 e. The Morgan fingerprint density at radius 1 is 1.35 bits per heavy atom. The SMILES string of the molecule is COC(=O)[C@H](C)OC(=O)C1=C(O[Si](C)(C)C(C)(C)C)C[C@@]2(C)C=C[C@@H]1O2. The molecule has 0 saturated carbocycles. The molecule has 0 aromatic carbocycles. The van der Waals surface area contributed by atoms with E-state index < -0.39 is 38.1 Å². The summed E-state index contributed by atoms with van der Waals surface area (Å²) in [6, 6.07) is 0. The third kappa shape index (κ3) is 4.04. The first kappa shape index (κ1) is 20.7. The Morgan fingerprint density at radius 3 is 2.50 bits per heavy atom. The van der Waals surface area contributed by atoms with Crippen LogP contribution in [0.4, 0.5) is 0 Å². The standard InChI is InChI=1S/C19H30O6Si/c1-12(16(20)22-6)23-17(21)15-13-9-10-19(5,24-13)11-14(15)25-26(7,8)18(2,3)4/h9-10,12-13H,11H2,1-8H3/t12-,13-,19+/m0/s1. The maximum Gasteiger partial charge on any atom is 0.346 e. The molecule has 26 heavy (non-hydrogen) atoms. The van der Waals surface area contributed by atoms with Gasteiger partial charge in [0.05, 0.1) is 18.5 Å². The summed E-state index contributed by atoms with van der Waals surface area (Å²) in [4.78, 5) is 24.4. The lowest BCUT2D eigenvalue weighted by atomic mass is 9.98. The number of hydrogen-bond donors (Lipinski definition) is 0. The summed E-state index contributed by atoms with van der Waals surface area (Å²) < 4.78 is 22.4. The molecule has 0 spiro atoms. The number of fused-ring (bicyclic) bond motifs is 2. The molecule has 0 fully saturated rings. The zero-order valence-corrected chi connectivity index (χ0v) is 18.0. The van der Waals surface area contributed by atoms with Crippen molar-refractivity contribution in [2.45, 2.75) is 77.0 Å². The van der Waals surface area contributed by atoms with Crippen LogP contribution < -0.4 is 0 Å². The minimum atomic E-state index is -2.15. The van der Waals surface area contributed by atoms with Crippen molar-refractivity contribution in [3.8, 4) is 0 Å². The monoisotopic (exact) mass is 382 g/mol. The fraction of sp³-hybridized carbons (Fsp3) is 0.684. The molecular formula is C19H30O6Si. The molecule has 0 radical (unpaired) electrons. The molecule has 0 aliphatic carbocycles. The Bertz CT molecular complexity index is 657. The summed E-state index contributed by atoms with van der Waals surface area (Å²) in [6.45, 7) is 14.1. The average molecular weight is 383 g/mol. The van der Waals surface area contributed by atoms with Gasteiger partial charge in [0.2, 0.25) is 8.32 Å². The Morgan fingerprint density at radius 2 is 1.96 bits per heavy atom. The fourth-order valence-corrected chi connectivity index (χ4v) is 3.81. The summed E-state index contributed by atoms with van der Waals surface area (Å²) in [7, 11) is -0.897. The van der Waals surface area contributed by atoms with Gasteiger partial charge in [-0.15, -0.1) is 0 Å². The van der Waals surface area contributed by atoms with Crippen molar-refractivity contribution in [2.75, 3.05) is 7.11 Å². The molecule has 2 rings (SSSR count). The number of ether oxygens (including phenoxy) is 3. The molecule has 2 aliphatic rings. The van der Waals surface area contributed by atoms with Gasteiger partial charge in [0, 0.05) is 6.42 Å². The highest BCUT2D eigenvalue weighted by Gasteiger charge is 2.47. The van der Waals surface area contributed by atoms with Crippen molar-refractivity contribution >= 4 is 20.3 Å². The third-order valence-electron chi connectivity index (χ3n) is 5.34. The van der Waals surface area contributed by atoms with E-state index in [1.165, 1.54) is 14.0 Å². The van der Waals surface area contributed by atoms with Crippen molar-refractivity contribution in [1.82, 2.24) is 0 Å². The van der Waals surface area contributed by atoms with Gasteiger partial charge in [0.1, 0.15) is 11.7 Å².